The van der Waals surface area contributed by atoms with Crippen LogP contribution >= 0.6 is 0 Å². The third kappa shape index (κ3) is 4.19. The molecule has 1 heterocycles. The molecule has 0 N–H and O–H groups in total. The molecule has 0 atom stereocenters. The molecule has 0 saturated heterocycles. The molecule has 4 nitrogen and oxygen atoms in total. The highest BCUT2D eigenvalue weighted by molar-refractivity contribution is 6.04. The summed E-state index contributed by atoms with van der Waals surface area (Å²) < 4.78 is 40.0. The molecule has 0 unspecified atom stereocenters. The summed E-state index contributed by atoms with van der Waals surface area (Å²) in [4.78, 5) is 18.7. The minimum atomic E-state index is -4.38. The minimum Gasteiger partial charge on any atom is -0.383 e. The summed E-state index contributed by atoms with van der Waals surface area (Å²) >= 11 is 0. The second kappa shape index (κ2) is 7.26. The highest BCUT2D eigenvalue weighted by Crippen LogP contribution is 2.29. The number of nitrogens with zero attached hydrogens (tertiary/aromatic N) is 3. The molecular formula is C20H18F3N3O. The largest absolute Gasteiger partial charge is 0.416 e. The van der Waals surface area contributed by atoms with Gasteiger partial charge >= 0.3 is 6.18 Å². The summed E-state index contributed by atoms with van der Waals surface area (Å²) in [6, 6.07) is 12.2. The number of hydrogen-bond acceptors (Lipinski definition) is 3. The van der Waals surface area contributed by atoms with E-state index in [0.717, 1.165) is 17.6 Å². The molecule has 27 heavy (non-hydrogen) atoms. The maximum Gasteiger partial charge on any atom is 0.416 e. The van der Waals surface area contributed by atoms with Crippen molar-refractivity contribution in [1.82, 2.24) is 14.5 Å². The second-order valence-electron chi connectivity index (χ2n) is 6.35. The molecule has 1 aromatic heterocycles. The van der Waals surface area contributed by atoms with Gasteiger partial charge in [-0.1, -0.05) is 24.3 Å². The Labute approximate surface area is 154 Å². The monoisotopic (exact) mass is 373 g/mol. The van der Waals surface area contributed by atoms with E-state index in [9.17, 15) is 18.0 Å². The minimum absolute atomic E-state index is 0.245. The second-order valence-corrected chi connectivity index (χ2v) is 6.35. The SMILES string of the molecule is CN(C)C=CC(=O)c1nc2ccccc2n1Cc1ccc(C(F)(F)F)cc1. The van der Waals surface area contributed by atoms with Crippen molar-refractivity contribution in [2.75, 3.05) is 14.1 Å². The van der Waals surface area contributed by atoms with Gasteiger partial charge < -0.3 is 9.47 Å². The molecule has 0 radical (unpaired) electrons. The molecule has 0 spiro atoms. The third-order valence-electron chi connectivity index (χ3n) is 4.02. The fourth-order valence-electron chi connectivity index (χ4n) is 2.70. The number of rotatable bonds is 5. The number of aromatic nitrogens is 2. The van der Waals surface area contributed by atoms with Crippen LogP contribution in [-0.2, 0) is 12.7 Å². The molecule has 3 aromatic rings. The van der Waals surface area contributed by atoms with Crippen molar-refractivity contribution in [3.05, 3.63) is 77.8 Å². The molecule has 2 aromatic carbocycles. The summed E-state index contributed by atoms with van der Waals surface area (Å²) in [7, 11) is 3.60. The van der Waals surface area contributed by atoms with Crippen molar-refractivity contribution in [3.63, 3.8) is 0 Å². The molecule has 0 aliphatic heterocycles. The van der Waals surface area contributed by atoms with Crippen LogP contribution in [0.15, 0.2) is 60.8 Å². The summed E-state index contributed by atoms with van der Waals surface area (Å²) in [5, 5.41) is 0. The summed E-state index contributed by atoms with van der Waals surface area (Å²) in [6.07, 6.45) is -1.33. The van der Waals surface area contributed by atoms with E-state index >= 15 is 0 Å². The molecule has 0 aliphatic carbocycles. The van der Waals surface area contributed by atoms with Gasteiger partial charge in [0, 0.05) is 32.9 Å². The van der Waals surface area contributed by atoms with Crippen molar-refractivity contribution < 1.29 is 18.0 Å². The number of benzene rings is 2. The zero-order valence-electron chi connectivity index (χ0n) is 14.9. The number of hydrogen-bond donors (Lipinski definition) is 0. The molecule has 0 saturated carbocycles. The number of carbonyl (C=O) groups is 1. The lowest BCUT2D eigenvalue weighted by Crippen LogP contribution is -2.11. The maximum atomic E-state index is 12.8. The van der Waals surface area contributed by atoms with Crippen LogP contribution in [-0.4, -0.2) is 34.3 Å². The van der Waals surface area contributed by atoms with E-state index in [4.69, 9.17) is 0 Å². The number of ketones is 1. The third-order valence-corrected chi connectivity index (χ3v) is 4.02. The van der Waals surface area contributed by atoms with E-state index in [1.54, 1.807) is 35.8 Å². The lowest BCUT2D eigenvalue weighted by molar-refractivity contribution is -0.137. The van der Waals surface area contributed by atoms with Gasteiger partial charge in [0.1, 0.15) is 0 Å². The topological polar surface area (TPSA) is 38.1 Å². The average molecular weight is 373 g/mol. The molecular weight excluding hydrogens is 355 g/mol. The maximum absolute atomic E-state index is 12.8. The summed E-state index contributed by atoms with van der Waals surface area (Å²) in [6.45, 7) is 0.246. The Morgan fingerprint density at radius 3 is 2.41 bits per heavy atom. The standard InChI is InChI=1S/C20H18F3N3O/c1-25(2)12-11-18(27)19-24-16-5-3-4-6-17(16)26(19)13-14-7-9-15(10-8-14)20(21,22)23/h3-12H,13H2,1-2H3. The predicted octanol–water partition coefficient (Wildman–Crippen LogP) is 4.36. The Morgan fingerprint density at radius 2 is 1.78 bits per heavy atom. The number of halogens is 3. The quantitative estimate of drug-likeness (QED) is 0.493. The van der Waals surface area contributed by atoms with Crippen LogP contribution in [0, 0.1) is 0 Å². The Hall–Kier alpha value is -3.09. The Kier molecular flexibility index (Phi) is 5.03. The fraction of sp³-hybridized carbons (Fsp3) is 0.200. The van der Waals surface area contributed by atoms with E-state index < -0.39 is 11.7 Å². The highest BCUT2D eigenvalue weighted by Gasteiger charge is 2.30. The van der Waals surface area contributed by atoms with Crippen molar-refractivity contribution >= 4 is 16.8 Å². The van der Waals surface area contributed by atoms with Crippen LogP contribution in [0.4, 0.5) is 13.2 Å². The average Bonchev–Trinajstić information content (AvgIpc) is 2.98. The van der Waals surface area contributed by atoms with E-state index in [2.05, 4.69) is 4.98 Å². The van der Waals surface area contributed by atoms with E-state index in [1.165, 1.54) is 18.2 Å². The predicted molar refractivity (Wildman–Crippen MR) is 97.4 cm³/mol. The molecule has 0 aliphatic rings. The number of imidazole rings is 1. The lowest BCUT2D eigenvalue weighted by atomic mass is 10.1. The molecule has 0 fully saturated rings. The van der Waals surface area contributed by atoms with Gasteiger partial charge in [-0.15, -0.1) is 0 Å². The number of para-hydroxylation sites is 2. The molecule has 3 rings (SSSR count). The van der Waals surface area contributed by atoms with E-state index in [1.807, 2.05) is 18.2 Å². The first kappa shape index (κ1) is 18.7. The fourth-order valence-corrected chi connectivity index (χ4v) is 2.70. The van der Waals surface area contributed by atoms with Crippen LogP contribution in [0.25, 0.3) is 11.0 Å². The van der Waals surface area contributed by atoms with Crippen LogP contribution in [0.1, 0.15) is 21.7 Å². The lowest BCUT2D eigenvalue weighted by Gasteiger charge is -2.10. The molecule has 140 valence electrons. The Morgan fingerprint density at radius 1 is 1.11 bits per heavy atom. The number of carbonyl (C=O) groups excluding carboxylic acids is 1. The Balaban J connectivity index is 1.99. The molecule has 7 heteroatoms. The first-order valence-corrected chi connectivity index (χ1v) is 8.26. The van der Waals surface area contributed by atoms with Gasteiger partial charge in [0.25, 0.3) is 0 Å². The first-order chi connectivity index (χ1) is 12.8. The summed E-state index contributed by atoms with van der Waals surface area (Å²) in [5.74, 6) is -0.0268. The number of alkyl halides is 3. The zero-order chi connectivity index (χ0) is 19.6. The number of fused-ring (bicyclic) bond motifs is 1. The first-order valence-electron chi connectivity index (χ1n) is 8.26. The van der Waals surface area contributed by atoms with Crippen LogP contribution in [0.3, 0.4) is 0 Å². The smallest absolute Gasteiger partial charge is 0.383 e. The van der Waals surface area contributed by atoms with Crippen molar-refractivity contribution in [2.45, 2.75) is 12.7 Å². The van der Waals surface area contributed by atoms with E-state index in [0.29, 0.717) is 11.1 Å². The van der Waals surface area contributed by atoms with Gasteiger partial charge in [0.05, 0.1) is 16.6 Å². The Bertz CT molecular complexity index is 986. The molecule has 0 bridgehead atoms. The van der Waals surface area contributed by atoms with Gasteiger partial charge in [-0.2, -0.15) is 13.2 Å². The van der Waals surface area contributed by atoms with Gasteiger partial charge in [-0.25, -0.2) is 4.98 Å². The van der Waals surface area contributed by atoms with E-state index in [-0.39, 0.29) is 18.2 Å². The van der Waals surface area contributed by atoms with Gasteiger partial charge in [0.15, 0.2) is 5.82 Å². The zero-order valence-corrected chi connectivity index (χ0v) is 14.9. The highest BCUT2D eigenvalue weighted by atomic mass is 19.4. The molecule has 0 amide bonds. The van der Waals surface area contributed by atoms with Crippen LogP contribution in [0.5, 0.6) is 0 Å². The van der Waals surface area contributed by atoms with Gasteiger partial charge in [-0.3, -0.25) is 4.79 Å². The van der Waals surface area contributed by atoms with Gasteiger partial charge in [-0.05, 0) is 29.8 Å². The number of allylic oxidation sites excluding steroid dienone is 1. The van der Waals surface area contributed by atoms with Crippen molar-refractivity contribution in [1.29, 1.82) is 0 Å². The van der Waals surface area contributed by atoms with Crippen molar-refractivity contribution in [2.24, 2.45) is 0 Å². The van der Waals surface area contributed by atoms with Gasteiger partial charge in [0.2, 0.25) is 5.78 Å². The van der Waals surface area contributed by atoms with Crippen LogP contribution in [0.2, 0.25) is 0 Å². The van der Waals surface area contributed by atoms with Crippen molar-refractivity contribution in [3.8, 4) is 0 Å². The van der Waals surface area contributed by atoms with Crippen LogP contribution < -0.4 is 0 Å². The normalized spacial score (nSPS) is 12.0. The summed E-state index contributed by atoms with van der Waals surface area (Å²) in [5.41, 5.74) is 1.36.